The number of hydrogen-bond donors (Lipinski definition) is 1. The molecule has 0 aliphatic rings. The van der Waals surface area contributed by atoms with Crippen molar-refractivity contribution in [3.05, 3.63) is 90.7 Å². The summed E-state index contributed by atoms with van der Waals surface area (Å²) in [6.07, 6.45) is 2.38. The third-order valence-corrected chi connectivity index (χ3v) is 6.20. The zero-order valence-electron chi connectivity index (χ0n) is 13.9. The van der Waals surface area contributed by atoms with E-state index in [1.54, 1.807) is 18.3 Å². The van der Waals surface area contributed by atoms with E-state index in [1.165, 1.54) is 11.3 Å². The Balaban J connectivity index is 1.53. The van der Waals surface area contributed by atoms with E-state index in [1.807, 2.05) is 42.5 Å². The summed E-state index contributed by atoms with van der Waals surface area (Å²) in [5.41, 5.74) is 1.01. The Morgan fingerprint density at radius 3 is 2.70 bits per heavy atom. The molecule has 0 fully saturated rings. The molecule has 0 aliphatic carbocycles. The van der Waals surface area contributed by atoms with Crippen molar-refractivity contribution >= 4 is 56.1 Å². The number of benzene rings is 2. The highest BCUT2D eigenvalue weighted by Gasteiger charge is 2.13. The third-order valence-electron chi connectivity index (χ3n) is 3.99. The van der Waals surface area contributed by atoms with Gasteiger partial charge in [-0.2, -0.15) is 0 Å². The number of anilines is 1. The van der Waals surface area contributed by atoms with Gasteiger partial charge in [0.1, 0.15) is 0 Å². The van der Waals surface area contributed by atoms with Gasteiger partial charge in [-0.3, -0.25) is 14.9 Å². The van der Waals surface area contributed by atoms with Crippen molar-refractivity contribution in [2.24, 2.45) is 0 Å². The van der Waals surface area contributed by atoms with Crippen LogP contribution in [0.15, 0.2) is 65.6 Å². The van der Waals surface area contributed by atoms with Crippen molar-refractivity contribution in [2.75, 3.05) is 5.32 Å². The number of hydrogen-bond acceptors (Lipinski definition) is 5. The Morgan fingerprint density at radius 2 is 1.85 bits per heavy atom. The summed E-state index contributed by atoms with van der Waals surface area (Å²) in [5.74, 6) is -0.332. The average Bonchev–Trinajstić information content (AvgIpc) is 3.10. The highest BCUT2D eigenvalue weighted by Crippen LogP contribution is 2.25. The number of amides is 1. The monoisotopic (exact) mass is 412 g/mol. The number of nitrogens with one attached hydrogen (secondary N) is 1. The van der Waals surface area contributed by atoms with E-state index in [0.29, 0.717) is 26.8 Å². The summed E-state index contributed by atoms with van der Waals surface area (Å²) in [7, 11) is 0. The first kappa shape index (κ1) is 17.9. The van der Waals surface area contributed by atoms with E-state index in [2.05, 4.69) is 10.3 Å². The molecule has 2 heterocycles. The molecule has 0 unspecified atom stereocenters. The highest BCUT2D eigenvalue weighted by molar-refractivity contribution is 7.16. The first-order valence-corrected chi connectivity index (χ1v) is 10.1. The zero-order valence-corrected chi connectivity index (χ0v) is 16.3. The van der Waals surface area contributed by atoms with Gasteiger partial charge >= 0.3 is 0 Å². The lowest BCUT2D eigenvalue weighted by molar-refractivity contribution is 0.103. The van der Waals surface area contributed by atoms with Crippen LogP contribution < -0.4 is 10.1 Å². The number of carbonyl (C=O) groups is 1. The molecule has 4 rings (SSSR count). The summed E-state index contributed by atoms with van der Waals surface area (Å²) < 4.78 is -0.128. The Labute approximate surface area is 168 Å². The molecule has 0 bridgehead atoms. The number of thiazole rings is 1. The summed E-state index contributed by atoms with van der Waals surface area (Å²) in [6.45, 7) is 0. The van der Waals surface area contributed by atoms with Gasteiger partial charge in [0.15, 0.2) is 5.13 Å². The number of halogens is 1. The van der Waals surface area contributed by atoms with Crippen LogP contribution in [-0.4, -0.2) is 10.9 Å². The van der Waals surface area contributed by atoms with E-state index in [9.17, 15) is 9.59 Å². The quantitative estimate of drug-likeness (QED) is 0.500. The standard InChI is InChI=1S/C20H13ClN2O2S2/c21-16-8-4-2-6-13(16)9-14-11-22-20(26-14)23-18(24)17-10-12-5-1-3-7-15(12)19(25)27-17/h1-8,10-11H,9H2,(H,22,23,24). The molecular formula is C20H13ClN2O2S2. The lowest BCUT2D eigenvalue weighted by atomic mass is 10.1. The smallest absolute Gasteiger partial charge is 0.267 e. The lowest BCUT2D eigenvalue weighted by Gasteiger charge is -2.03. The van der Waals surface area contributed by atoms with Crippen LogP contribution in [0.5, 0.6) is 0 Å². The minimum Gasteiger partial charge on any atom is -0.297 e. The fraction of sp³-hybridized carbons (Fsp3) is 0.0500. The van der Waals surface area contributed by atoms with Gasteiger partial charge in [0.25, 0.3) is 5.91 Å². The lowest BCUT2D eigenvalue weighted by Crippen LogP contribution is -2.12. The van der Waals surface area contributed by atoms with Crippen molar-refractivity contribution in [1.82, 2.24) is 4.98 Å². The first-order valence-electron chi connectivity index (χ1n) is 8.12. The van der Waals surface area contributed by atoms with Crippen molar-refractivity contribution in [3.63, 3.8) is 0 Å². The van der Waals surface area contributed by atoms with Crippen molar-refractivity contribution in [3.8, 4) is 0 Å². The molecule has 2 aromatic carbocycles. The number of fused-ring (bicyclic) bond motifs is 1. The molecule has 1 amide bonds. The molecule has 0 saturated carbocycles. The zero-order chi connectivity index (χ0) is 18.8. The van der Waals surface area contributed by atoms with Crippen LogP contribution in [0.3, 0.4) is 0 Å². The molecular weight excluding hydrogens is 400 g/mol. The largest absolute Gasteiger partial charge is 0.297 e. The SMILES string of the molecule is O=C(Nc1ncc(Cc2ccccc2Cl)s1)c1cc2ccccc2c(=O)s1. The van der Waals surface area contributed by atoms with Crippen LogP contribution in [0, 0.1) is 0 Å². The molecule has 4 nitrogen and oxygen atoms in total. The predicted octanol–water partition coefficient (Wildman–Crippen LogP) is 5.21. The molecule has 0 aliphatic heterocycles. The van der Waals surface area contributed by atoms with E-state index in [4.69, 9.17) is 11.6 Å². The second kappa shape index (κ2) is 7.60. The minimum absolute atomic E-state index is 0.128. The summed E-state index contributed by atoms with van der Waals surface area (Å²) >= 11 is 8.52. The maximum atomic E-state index is 12.5. The summed E-state index contributed by atoms with van der Waals surface area (Å²) in [6, 6.07) is 16.6. The molecule has 4 aromatic rings. The molecule has 0 spiro atoms. The highest BCUT2D eigenvalue weighted by atomic mass is 35.5. The maximum absolute atomic E-state index is 12.5. The maximum Gasteiger partial charge on any atom is 0.267 e. The van der Waals surface area contributed by atoms with Gasteiger partial charge in [-0.15, -0.1) is 11.3 Å². The van der Waals surface area contributed by atoms with Gasteiger partial charge in [0.05, 0.1) is 4.88 Å². The molecule has 27 heavy (non-hydrogen) atoms. The van der Waals surface area contributed by atoms with Crippen molar-refractivity contribution < 1.29 is 4.79 Å². The molecule has 7 heteroatoms. The first-order chi connectivity index (χ1) is 13.1. The number of nitrogens with zero attached hydrogens (tertiary/aromatic N) is 1. The topological polar surface area (TPSA) is 59.1 Å². The number of aromatic nitrogens is 1. The van der Waals surface area contributed by atoms with Crippen LogP contribution in [0.25, 0.3) is 10.8 Å². The molecule has 1 N–H and O–H groups in total. The van der Waals surface area contributed by atoms with Crippen LogP contribution in [0.2, 0.25) is 5.02 Å². The van der Waals surface area contributed by atoms with E-state index in [-0.39, 0.29) is 10.6 Å². The van der Waals surface area contributed by atoms with Gasteiger partial charge in [-0.25, -0.2) is 4.98 Å². The second-order valence-electron chi connectivity index (χ2n) is 5.84. The van der Waals surface area contributed by atoms with E-state index >= 15 is 0 Å². The predicted molar refractivity (Wildman–Crippen MR) is 112 cm³/mol. The van der Waals surface area contributed by atoms with Gasteiger partial charge < -0.3 is 0 Å². The Bertz CT molecular complexity index is 1200. The molecule has 134 valence electrons. The molecule has 0 radical (unpaired) electrons. The molecule has 2 aromatic heterocycles. The minimum atomic E-state index is -0.332. The third kappa shape index (κ3) is 3.93. The van der Waals surface area contributed by atoms with Gasteiger partial charge in [-0.1, -0.05) is 59.3 Å². The van der Waals surface area contributed by atoms with Crippen LogP contribution in [-0.2, 0) is 6.42 Å². The fourth-order valence-electron chi connectivity index (χ4n) is 2.68. The summed E-state index contributed by atoms with van der Waals surface area (Å²) in [4.78, 5) is 30.4. The Hall–Kier alpha value is -2.54. The number of carbonyl (C=O) groups excluding carboxylic acids is 1. The van der Waals surface area contributed by atoms with Crippen LogP contribution in [0.4, 0.5) is 5.13 Å². The van der Waals surface area contributed by atoms with Crippen molar-refractivity contribution in [1.29, 1.82) is 0 Å². The van der Waals surface area contributed by atoms with Gasteiger partial charge in [-0.05, 0) is 29.1 Å². The van der Waals surface area contributed by atoms with Crippen LogP contribution in [0.1, 0.15) is 20.1 Å². The molecule has 0 atom stereocenters. The van der Waals surface area contributed by atoms with Gasteiger partial charge in [0, 0.05) is 27.9 Å². The normalized spacial score (nSPS) is 10.9. The fourth-order valence-corrected chi connectivity index (χ4v) is 4.54. The van der Waals surface area contributed by atoms with E-state index in [0.717, 1.165) is 27.2 Å². The second-order valence-corrected chi connectivity index (χ2v) is 8.38. The Morgan fingerprint density at radius 1 is 1.07 bits per heavy atom. The summed E-state index contributed by atoms with van der Waals surface area (Å²) in [5, 5.41) is 5.35. The average molecular weight is 413 g/mol. The van der Waals surface area contributed by atoms with Crippen LogP contribution >= 0.6 is 34.3 Å². The van der Waals surface area contributed by atoms with Gasteiger partial charge in [0.2, 0.25) is 4.74 Å². The Kier molecular flexibility index (Phi) is 5.03. The number of rotatable bonds is 4. The van der Waals surface area contributed by atoms with E-state index < -0.39 is 0 Å². The van der Waals surface area contributed by atoms with Crippen molar-refractivity contribution in [2.45, 2.75) is 6.42 Å². The molecule has 0 saturated heterocycles.